The SMILES string of the molecule is OC[C@H]1O[C@@](CO)(O[C@H]2O[C@H](CO)[C@@H](O)[C@H](O)[C@H]2O)[C@@H](O)[C@@H]1O.[KH]. The van der Waals surface area contributed by atoms with Gasteiger partial charge in [-0.2, -0.15) is 0 Å². The molecule has 0 aliphatic carbocycles. The molecule has 0 saturated carbocycles. The zero-order chi connectivity index (χ0) is 17.4. The molecule has 0 unspecified atom stereocenters. The second-order valence-electron chi connectivity index (χ2n) is 5.56. The molecule has 2 saturated heterocycles. The normalized spacial score (nSPS) is 49.0. The van der Waals surface area contributed by atoms with Crippen LogP contribution in [0.15, 0.2) is 0 Å². The van der Waals surface area contributed by atoms with Gasteiger partial charge in [-0.25, -0.2) is 0 Å². The van der Waals surface area contributed by atoms with E-state index in [0.717, 1.165) is 0 Å². The third-order valence-electron chi connectivity index (χ3n) is 4.07. The van der Waals surface area contributed by atoms with Crippen LogP contribution in [0.1, 0.15) is 0 Å². The van der Waals surface area contributed by atoms with Crippen LogP contribution in [-0.2, 0) is 14.2 Å². The Morgan fingerprint density at radius 2 is 1.38 bits per heavy atom. The van der Waals surface area contributed by atoms with Crippen LogP contribution in [-0.4, -0.2) is 167 Å². The summed E-state index contributed by atoms with van der Waals surface area (Å²) in [6, 6.07) is 0. The van der Waals surface area contributed by atoms with Crippen molar-refractivity contribution in [2.45, 2.75) is 54.8 Å². The standard InChI is InChI=1S/C12H22O11.K.H/c13-1-4-6(16)8(18)9(19)11(21-4)23-12(3-15)10(20)7(17)5(2-14)22-12;;/h4-11,13-20H,1-3H2;;/t4-,5-,6-,7-,8+,9-,10+,11-,12+;;/m1../s1. The summed E-state index contributed by atoms with van der Waals surface area (Å²) in [5.41, 5.74) is 0. The molecule has 0 aromatic rings. The summed E-state index contributed by atoms with van der Waals surface area (Å²) in [4.78, 5) is 0. The Kier molecular flexibility index (Phi) is 9.11. The number of hydrogen-bond donors (Lipinski definition) is 8. The molecule has 2 fully saturated rings. The Morgan fingerprint density at radius 3 is 1.83 bits per heavy atom. The quantitative estimate of drug-likeness (QED) is 0.211. The summed E-state index contributed by atoms with van der Waals surface area (Å²) in [5, 5.41) is 76.7. The molecule has 11 nitrogen and oxygen atoms in total. The van der Waals surface area contributed by atoms with E-state index in [9.17, 15) is 30.6 Å². The molecule has 2 aliphatic rings. The molecule has 0 aromatic carbocycles. The van der Waals surface area contributed by atoms with Crippen LogP contribution in [0.25, 0.3) is 0 Å². The average molecular weight is 382 g/mol. The third-order valence-corrected chi connectivity index (χ3v) is 4.07. The van der Waals surface area contributed by atoms with Gasteiger partial charge in [0.1, 0.15) is 49.3 Å². The minimum atomic E-state index is -2.22. The first-order valence-corrected chi connectivity index (χ1v) is 7.05. The Bertz CT molecular complexity index is 399. The summed E-state index contributed by atoms with van der Waals surface area (Å²) in [6.07, 6.45) is -12.7. The van der Waals surface area contributed by atoms with Crippen LogP contribution in [0.2, 0.25) is 0 Å². The first-order chi connectivity index (χ1) is 10.8. The van der Waals surface area contributed by atoms with E-state index in [1.807, 2.05) is 0 Å². The molecule has 2 heterocycles. The zero-order valence-corrected chi connectivity index (χ0v) is 12.0. The fraction of sp³-hybridized carbons (Fsp3) is 1.00. The molecule has 0 amide bonds. The zero-order valence-electron chi connectivity index (χ0n) is 12.0. The Balaban J connectivity index is 0.00000288. The number of ether oxygens (including phenoxy) is 3. The van der Waals surface area contributed by atoms with Gasteiger partial charge >= 0.3 is 51.4 Å². The van der Waals surface area contributed by atoms with E-state index in [1.54, 1.807) is 0 Å². The van der Waals surface area contributed by atoms with Gasteiger partial charge < -0.3 is 55.1 Å². The summed E-state index contributed by atoms with van der Waals surface area (Å²) < 4.78 is 15.4. The van der Waals surface area contributed by atoms with Crippen molar-refractivity contribution in [1.29, 1.82) is 0 Å². The third kappa shape index (κ3) is 4.19. The Morgan fingerprint density at radius 1 is 0.792 bits per heavy atom. The van der Waals surface area contributed by atoms with Gasteiger partial charge in [-0.3, -0.25) is 0 Å². The molecule has 2 rings (SSSR count). The van der Waals surface area contributed by atoms with Gasteiger partial charge in [-0.05, 0) is 0 Å². The van der Waals surface area contributed by atoms with Crippen molar-refractivity contribution in [2.75, 3.05) is 19.8 Å². The predicted octanol–water partition coefficient (Wildman–Crippen LogP) is -6.04. The molecule has 0 bridgehead atoms. The van der Waals surface area contributed by atoms with Gasteiger partial charge in [0, 0.05) is 0 Å². The monoisotopic (exact) mass is 382 g/mol. The van der Waals surface area contributed by atoms with E-state index in [4.69, 9.17) is 24.4 Å². The maximum absolute atomic E-state index is 10.00. The van der Waals surface area contributed by atoms with Crippen LogP contribution in [0.3, 0.4) is 0 Å². The first-order valence-electron chi connectivity index (χ1n) is 7.05. The second-order valence-corrected chi connectivity index (χ2v) is 5.56. The molecule has 138 valence electrons. The minimum absolute atomic E-state index is 0. The van der Waals surface area contributed by atoms with Gasteiger partial charge in [0.25, 0.3) is 0 Å². The number of hydrogen-bond acceptors (Lipinski definition) is 11. The molecule has 2 aliphatic heterocycles. The molecule has 12 heteroatoms. The van der Waals surface area contributed by atoms with Gasteiger partial charge in [0.15, 0.2) is 6.29 Å². The molecule has 8 N–H and O–H groups in total. The van der Waals surface area contributed by atoms with Crippen molar-refractivity contribution in [3.8, 4) is 0 Å². The topological polar surface area (TPSA) is 190 Å². The Hall–Kier alpha value is 1.20. The Labute approximate surface area is 179 Å². The maximum atomic E-state index is 10.00. The molecule has 24 heavy (non-hydrogen) atoms. The molecule has 9 atom stereocenters. The van der Waals surface area contributed by atoms with Gasteiger partial charge in [-0.15, -0.1) is 0 Å². The van der Waals surface area contributed by atoms with Crippen LogP contribution in [0.5, 0.6) is 0 Å². The van der Waals surface area contributed by atoms with Crippen LogP contribution in [0.4, 0.5) is 0 Å². The number of aliphatic hydroxyl groups is 8. The van der Waals surface area contributed by atoms with E-state index < -0.39 is 74.6 Å². The first kappa shape index (κ1) is 23.2. The molecular weight excluding hydrogens is 359 g/mol. The summed E-state index contributed by atoms with van der Waals surface area (Å²) in [7, 11) is 0. The van der Waals surface area contributed by atoms with E-state index >= 15 is 0 Å². The van der Waals surface area contributed by atoms with Crippen molar-refractivity contribution < 1.29 is 55.1 Å². The van der Waals surface area contributed by atoms with Gasteiger partial charge in [-0.1, -0.05) is 0 Å². The van der Waals surface area contributed by atoms with Crippen LogP contribution < -0.4 is 0 Å². The molecule has 0 radical (unpaired) electrons. The average Bonchev–Trinajstić information content (AvgIpc) is 2.80. The van der Waals surface area contributed by atoms with Crippen LogP contribution in [0, 0.1) is 0 Å². The second kappa shape index (κ2) is 9.41. The van der Waals surface area contributed by atoms with Crippen molar-refractivity contribution in [3.05, 3.63) is 0 Å². The molecule has 0 aromatic heterocycles. The van der Waals surface area contributed by atoms with Gasteiger partial charge in [0.2, 0.25) is 5.79 Å². The fourth-order valence-electron chi connectivity index (χ4n) is 2.63. The molecular formula is C12H23KO11. The van der Waals surface area contributed by atoms with Crippen molar-refractivity contribution >= 4 is 51.4 Å². The van der Waals surface area contributed by atoms with Gasteiger partial charge in [0.05, 0.1) is 13.2 Å². The number of rotatable bonds is 5. The van der Waals surface area contributed by atoms with Crippen molar-refractivity contribution in [1.82, 2.24) is 0 Å². The summed E-state index contributed by atoms with van der Waals surface area (Å²) in [5.74, 6) is -2.22. The van der Waals surface area contributed by atoms with Crippen LogP contribution >= 0.6 is 0 Å². The van der Waals surface area contributed by atoms with Crippen molar-refractivity contribution in [3.63, 3.8) is 0 Å². The molecule has 0 spiro atoms. The van der Waals surface area contributed by atoms with Crippen molar-refractivity contribution in [2.24, 2.45) is 0 Å². The number of aliphatic hydroxyl groups excluding tert-OH is 8. The van der Waals surface area contributed by atoms with E-state index in [0.29, 0.717) is 0 Å². The van der Waals surface area contributed by atoms with E-state index in [2.05, 4.69) is 0 Å². The van der Waals surface area contributed by atoms with E-state index in [1.165, 1.54) is 0 Å². The van der Waals surface area contributed by atoms with E-state index in [-0.39, 0.29) is 51.4 Å². The summed E-state index contributed by atoms with van der Waals surface area (Å²) in [6.45, 7) is -2.32. The fourth-order valence-corrected chi connectivity index (χ4v) is 2.63. The predicted molar refractivity (Wildman–Crippen MR) is 75.8 cm³/mol. The summed E-state index contributed by atoms with van der Waals surface area (Å²) >= 11 is 0.